The van der Waals surface area contributed by atoms with Crippen molar-refractivity contribution in [2.45, 2.75) is 22.6 Å². The molecule has 170 valence electrons. The summed E-state index contributed by atoms with van der Waals surface area (Å²) in [7, 11) is 3.28. The van der Waals surface area contributed by atoms with Crippen molar-refractivity contribution in [3.63, 3.8) is 0 Å². The van der Waals surface area contributed by atoms with Crippen LogP contribution in [0.4, 0.5) is 11.4 Å². The molecule has 2 amide bonds. The first-order valence-corrected chi connectivity index (χ1v) is 13.0. The summed E-state index contributed by atoms with van der Waals surface area (Å²) in [6.07, 6.45) is 0.714. The highest BCUT2D eigenvalue weighted by Gasteiger charge is 2.06. The molecule has 2 N–H and O–H groups in total. The van der Waals surface area contributed by atoms with Crippen molar-refractivity contribution in [1.82, 2.24) is 0 Å². The summed E-state index contributed by atoms with van der Waals surface area (Å²) in [5.74, 6) is -0.0612. The van der Waals surface area contributed by atoms with Crippen LogP contribution in [-0.4, -0.2) is 11.8 Å². The molecule has 0 aliphatic heterocycles. The quantitative estimate of drug-likeness (QED) is 0.255. The van der Waals surface area contributed by atoms with E-state index in [4.69, 9.17) is 0 Å². The number of hydrogen-bond donors (Lipinski definition) is 2. The van der Waals surface area contributed by atoms with E-state index >= 15 is 0 Å². The minimum atomic E-state index is -0.0306. The number of hydrogen-bond acceptors (Lipinski definition) is 4. The molecule has 0 radical (unpaired) electrons. The topological polar surface area (TPSA) is 58.2 Å². The Kier molecular flexibility index (Phi) is 8.43. The average molecular weight is 485 g/mol. The molecule has 0 spiro atoms. The molecular weight excluding hydrogens is 460 g/mol. The van der Waals surface area contributed by atoms with Crippen molar-refractivity contribution in [3.8, 4) is 0 Å². The van der Waals surface area contributed by atoms with Gasteiger partial charge in [0.2, 0.25) is 11.8 Å². The maximum absolute atomic E-state index is 12.2. The molecule has 4 rings (SSSR count). The van der Waals surface area contributed by atoms with Crippen LogP contribution in [0.2, 0.25) is 0 Å². The highest BCUT2D eigenvalue weighted by Crippen LogP contribution is 2.38. The predicted octanol–water partition coefficient (Wildman–Crippen LogP) is 6.85. The van der Waals surface area contributed by atoms with E-state index in [2.05, 4.69) is 10.6 Å². The Morgan fingerprint density at radius 3 is 1.21 bits per heavy atom. The van der Waals surface area contributed by atoms with Crippen LogP contribution in [0.15, 0.2) is 119 Å². The van der Waals surface area contributed by atoms with Gasteiger partial charge in [-0.05, 0) is 59.7 Å². The first kappa shape index (κ1) is 23.7. The largest absolute Gasteiger partial charge is 0.326 e. The van der Waals surface area contributed by atoms with E-state index in [-0.39, 0.29) is 11.8 Å². The second-order valence-electron chi connectivity index (χ2n) is 7.64. The molecule has 0 aliphatic carbocycles. The minimum Gasteiger partial charge on any atom is -0.326 e. The van der Waals surface area contributed by atoms with Gasteiger partial charge in [-0.25, -0.2) is 0 Å². The molecule has 0 bridgehead atoms. The highest BCUT2D eigenvalue weighted by molar-refractivity contribution is 8.76. The fourth-order valence-corrected chi connectivity index (χ4v) is 5.19. The number of carbonyl (C=O) groups excluding carboxylic acids is 2. The summed E-state index contributed by atoms with van der Waals surface area (Å²) in [6, 6.07) is 35.0. The molecule has 0 heterocycles. The predicted molar refractivity (Wildman–Crippen MR) is 142 cm³/mol. The van der Waals surface area contributed by atoms with Crippen LogP contribution in [0, 0.1) is 0 Å². The Balaban J connectivity index is 1.22. The Labute approximate surface area is 207 Å². The standard InChI is InChI=1S/C28H24N2O2S2/c31-27(19-21-7-3-1-4-8-21)29-23-11-15-25(16-12-23)33-34-26-17-13-24(14-18-26)30-28(32)20-22-9-5-2-6-10-22/h1-18H,19-20H2,(H,29,31)(H,30,32). The zero-order chi connectivity index (χ0) is 23.6. The SMILES string of the molecule is O=C(Cc1ccccc1)Nc1ccc(SSc2ccc(NC(=O)Cc3ccccc3)cc2)cc1. The van der Waals surface area contributed by atoms with Crippen molar-refractivity contribution < 1.29 is 9.59 Å². The second kappa shape index (κ2) is 12.1. The summed E-state index contributed by atoms with van der Waals surface area (Å²) in [4.78, 5) is 26.6. The third-order valence-corrected chi connectivity index (χ3v) is 7.34. The van der Waals surface area contributed by atoms with E-state index in [0.29, 0.717) is 12.8 Å². The van der Waals surface area contributed by atoms with Gasteiger partial charge in [0.05, 0.1) is 12.8 Å². The van der Waals surface area contributed by atoms with Crippen LogP contribution in [-0.2, 0) is 22.4 Å². The fraction of sp³-hybridized carbons (Fsp3) is 0.0714. The number of anilines is 2. The van der Waals surface area contributed by atoms with E-state index in [1.807, 2.05) is 109 Å². The van der Waals surface area contributed by atoms with Gasteiger partial charge < -0.3 is 10.6 Å². The van der Waals surface area contributed by atoms with Gasteiger partial charge in [-0.1, -0.05) is 82.3 Å². The normalized spacial score (nSPS) is 10.5. The van der Waals surface area contributed by atoms with Gasteiger partial charge >= 0.3 is 0 Å². The highest BCUT2D eigenvalue weighted by atomic mass is 33.1. The minimum absolute atomic E-state index is 0.0306. The molecule has 0 aromatic heterocycles. The van der Waals surface area contributed by atoms with E-state index in [1.54, 1.807) is 21.6 Å². The van der Waals surface area contributed by atoms with Crippen molar-refractivity contribution in [3.05, 3.63) is 120 Å². The maximum Gasteiger partial charge on any atom is 0.228 e. The van der Waals surface area contributed by atoms with Crippen LogP contribution < -0.4 is 10.6 Å². The Morgan fingerprint density at radius 1 is 0.500 bits per heavy atom. The fourth-order valence-electron chi connectivity index (χ4n) is 3.26. The lowest BCUT2D eigenvalue weighted by Crippen LogP contribution is -2.14. The van der Waals surface area contributed by atoms with Gasteiger partial charge in [0.1, 0.15) is 0 Å². The van der Waals surface area contributed by atoms with E-state index in [9.17, 15) is 9.59 Å². The summed E-state index contributed by atoms with van der Waals surface area (Å²) in [6.45, 7) is 0. The molecule has 4 aromatic rings. The Hall–Kier alpha value is -3.48. The lowest BCUT2D eigenvalue weighted by atomic mass is 10.1. The Morgan fingerprint density at radius 2 is 0.853 bits per heavy atom. The first-order chi connectivity index (χ1) is 16.6. The molecule has 0 fully saturated rings. The van der Waals surface area contributed by atoms with E-state index in [0.717, 1.165) is 32.3 Å². The molecule has 0 saturated carbocycles. The van der Waals surface area contributed by atoms with Crippen molar-refractivity contribution >= 4 is 44.8 Å². The van der Waals surface area contributed by atoms with Crippen LogP contribution in [0.1, 0.15) is 11.1 Å². The number of rotatable bonds is 9. The van der Waals surface area contributed by atoms with Crippen molar-refractivity contribution in [2.24, 2.45) is 0 Å². The van der Waals surface area contributed by atoms with Gasteiger partial charge in [-0.15, -0.1) is 0 Å². The second-order valence-corrected chi connectivity index (χ2v) is 9.91. The lowest BCUT2D eigenvalue weighted by molar-refractivity contribution is -0.116. The van der Waals surface area contributed by atoms with Gasteiger partial charge in [0.25, 0.3) is 0 Å². The van der Waals surface area contributed by atoms with Gasteiger partial charge in [0.15, 0.2) is 0 Å². The number of benzene rings is 4. The molecule has 0 aliphatic rings. The molecule has 4 nitrogen and oxygen atoms in total. The van der Waals surface area contributed by atoms with Crippen molar-refractivity contribution in [1.29, 1.82) is 0 Å². The number of amides is 2. The van der Waals surface area contributed by atoms with Gasteiger partial charge in [0, 0.05) is 21.2 Å². The van der Waals surface area contributed by atoms with Gasteiger partial charge in [-0.3, -0.25) is 9.59 Å². The summed E-state index contributed by atoms with van der Waals surface area (Å²) >= 11 is 0. The van der Waals surface area contributed by atoms with E-state index < -0.39 is 0 Å². The average Bonchev–Trinajstić information content (AvgIpc) is 2.85. The third-order valence-electron chi connectivity index (χ3n) is 4.93. The molecule has 0 atom stereocenters. The molecular formula is C28H24N2O2S2. The molecule has 0 unspecified atom stereocenters. The van der Waals surface area contributed by atoms with Crippen LogP contribution in [0.25, 0.3) is 0 Å². The van der Waals surface area contributed by atoms with Crippen LogP contribution in [0.3, 0.4) is 0 Å². The molecule has 6 heteroatoms. The number of carbonyl (C=O) groups is 2. The zero-order valence-corrected chi connectivity index (χ0v) is 20.1. The lowest BCUT2D eigenvalue weighted by Gasteiger charge is -2.08. The monoisotopic (exact) mass is 484 g/mol. The summed E-state index contributed by atoms with van der Waals surface area (Å²) in [5.41, 5.74) is 3.55. The number of nitrogens with one attached hydrogen (secondary N) is 2. The first-order valence-electron chi connectivity index (χ1n) is 10.9. The summed E-state index contributed by atoms with van der Waals surface area (Å²) < 4.78 is 0. The van der Waals surface area contributed by atoms with E-state index in [1.165, 1.54) is 0 Å². The third kappa shape index (κ3) is 7.54. The molecule has 34 heavy (non-hydrogen) atoms. The zero-order valence-electron chi connectivity index (χ0n) is 18.4. The van der Waals surface area contributed by atoms with Crippen LogP contribution in [0.5, 0.6) is 0 Å². The smallest absolute Gasteiger partial charge is 0.228 e. The Bertz CT molecular complexity index is 1110. The molecule has 4 aromatic carbocycles. The summed E-state index contributed by atoms with van der Waals surface area (Å²) in [5, 5.41) is 5.88. The molecule has 0 saturated heterocycles. The van der Waals surface area contributed by atoms with Crippen molar-refractivity contribution in [2.75, 3.05) is 10.6 Å². The van der Waals surface area contributed by atoms with Crippen LogP contribution >= 0.6 is 21.6 Å². The van der Waals surface area contributed by atoms with Gasteiger partial charge in [-0.2, -0.15) is 0 Å². The maximum atomic E-state index is 12.2.